The number of hydrogen-bond acceptors (Lipinski definition) is 4. The van der Waals surface area contributed by atoms with Crippen LogP contribution >= 0.6 is 0 Å². The van der Waals surface area contributed by atoms with Crippen LogP contribution in [-0.4, -0.2) is 52.7 Å². The predicted molar refractivity (Wildman–Crippen MR) is 128 cm³/mol. The third kappa shape index (κ3) is 5.60. The number of rotatable bonds is 8. The Balaban J connectivity index is 2.15. The number of benzene rings is 1. The first-order valence-electron chi connectivity index (χ1n) is 12.6. The van der Waals surface area contributed by atoms with Crippen molar-refractivity contribution in [1.82, 2.24) is 4.90 Å². The van der Waals surface area contributed by atoms with Gasteiger partial charge in [-0.05, 0) is 52.2 Å². The largest absolute Gasteiger partial charge is 0.473 e. The molecule has 1 aromatic rings. The van der Waals surface area contributed by atoms with Crippen LogP contribution in [0.2, 0.25) is 0 Å². The first kappa shape index (κ1) is 27.3. The number of unbranched alkanes of at least 4 members (excludes halogenated alkanes) is 2. The summed E-state index contributed by atoms with van der Waals surface area (Å²) in [5, 5.41) is 9.83. The van der Waals surface area contributed by atoms with Gasteiger partial charge in [0.25, 0.3) is 11.8 Å². The van der Waals surface area contributed by atoms with Gasteiger partial charge in [0, 0.05) is 18.6 Å². The van der Waals surface area contributed by atoms with Crippen molar-refractivity contribution in [1.29, 1.82) is 0 Å². The van der Waals surface area contributed by atoms with Crippen molar-refractivity contribution in [3.63, 3.8) is 0 Å². The lowest BCUT2D eigenvalue weighted by molar-refractivity contribution is -0.139. The maximum atomic E-state index is 14.2. The molecule has 1 aliphatic carbocycles. The quantitative estimate of drug-likeness (QED) is 0.477. The second kappa shape index (κ2) is 10.8. The van der Waals surface area contributed by atoms with E-state index in [2.05, 4.69) is 0 Å². The zero-order valence-electron chi connectivity index (χ0n) is 21.1. The van der Waals surface area contributed by atoms with Crippen molar-refractivity contribution < 1.29 is 32.6 Å². The Morgan fingerprint density at radius 1 is 1.23 bits per heavy atom. The van der Waals surface area contributed by atoms with Crippen LogP contribution in [0.3, 0.4) is 0 Å². The summed E-state index contributed by atoms with van der Waals surface area (Å²) in [4.78, 5) is 29.9. The minimum Gasteiger partial charge on any atom is -0.473 e. The Bertz CT molecular complexity index is 928. The van der Waals surface area contributed by atoms with Gasteiger partial charge in [0.2, 0.25) is 5.60 Å². The molecule has 1 N–H and O–H groups in total. The lowest BCUT2D eigenvalue weighted by Crippen LogP contribution is -2.57. The molecule has 1 aliphatic heterocycles. The Morgan fingerprint density at radius 3 is 2.43 bits per heavy atom. The van der Waals surface area contributed by atoms with Crippen molar-refractivity contribution in [2.45, 2.75) is 103 Å². The van der Waals surface area contributed by atoms with E-state index in [0.717, 1.165) is 51.0 Å². The van der Waals surface area contributed by atoms with E-state index >= 15 is 0 Å². The number of halogens is 3. The van der Waals surface area contributed by atoms with Gasteiger partial charge in [-0.1, -0.05) is 39.0 Å². The third-order valence-corrected chi connectivity index (χ3v) is 7.00. The SMILES string of the molecule is CCCCCN1C(=O)C(C)(CO)Oc2cc(C(F)(F)F)c(C(=O)N(C(C)C)C3CCCCC3)cc21. The molecule has 0 saturated heterocycles. The third-order valence-electron chi connectivity index (χ3n) is 7.00. The van der Waals surface area contributed by atoms with E-state index in [4.69, 9.17) is 4.74 Å². The van der Waals surface area contributed by atoms with E-state index in [1.165, 1.54) is 17.9 Å². The summed E-state index contributed by atoms with van der Waals surface area (Å²) in [5.74, 6) is -1.37. The number of anilines is 1. The van der Waals surface area contributed by atoms with Crippen molar-refractivity contribution in [3.05, 3.63) is 23.3 Å². The molecule has 1 heterocycles. The molecule has 1 fully saturated rings. The average molecular weight is 499 g/mol. The average Bonchev–Trinajstić information content (AvgIpc) is 2.81. The Hall–Kier alpha value is -2.29. The van der Waals surface area contributed by atoms with Crippen LogP contribution in [0, 0.1) is 0 Å². The van der Waals surface area contributed by atoms with Crippen molar-refractivity contribution >= 4 is 17.5 Å². The van der Waals surface area contributed by atoms with Crippen LogP contribution in [0.4, 0.5) is 18.9 Å². The van der Waals surface area contributed by atoms with Gasteiger partial charge in [0.15, 0.2) is 0 Å². The van der Waals surface area contributed by atoms with Gasteiger partial charge in [-0.25, -0.2) is 0 Å². The van der Waals surface area contributed by atoms with Gasteiger partial charge in [0.1, 0.15) is 5.75 Å². The van der Waals surface area contributed by atoms with Crippen molar-refractivity contribution in [3.8, 4) is 5.75 Å². The molecule has 0 aromatic heterocycles. The monoisotopic (exact) mass is 498 g/mol. The number of fused-ring (bicyclic) bond motifs is 1. The van der Waals surface area contributed by atoms with Gasteiger partial charge in [-0.2, -0.15) is 13.2 Å². The maximum Gasteiger partial charge on any atom is 0.417 e. The summed E-state index contributed by atoms with van der Waals surface area (Å²) in [5.41, 5.74) is -3.12. The standard InChI is InChI=1S/C26H37F3N2O4/c1-5-6-10-13-30-21-14-19(23(33)31(17(2)3)18-11-8-7-9-12-18)20(26(27,28)29)15-22(21)35-25(4,16-32)24(30)34/h14-15,17-18,32H,5-13,16H2,1-4H3. The predicted octanol–water partition coefficient (Wildman–Crippen LogP) is 5.56. The van der Waals surface area contributed by atoms with E-state index in [9.17, 15) is 27.9 Å². The topological polar surface area (TPSA) is 70.1 Å². The molecule has 6 nitrogen and oxygen atoms in total. The summed E-state index contributed by atoms with van der Waals surface area (Å²) in [6.07, 6.45) is 1.99. The maximum absolute atomic E-state index is 14.2. The number of alkyl halides is 3. The molecule has 1 saturated carbocycles. The molecule has 3 rings (SSSR count). The molecule has 0 bridgehead atoms. The summed E-state index contributed by atoms with van der Waals surface area (Å²) in [6, 6.07) is 1.58. The highest BCUT2D eigenvalue weighted by Gasteiger charge is 2.47. The van der Waals surface area contributed by atoms with E-state index in [1.807, 2.05) is 20.8 Å². The van der Waals surface area contributed by atoms with Crippen LogP contribution in [0.25, 0.3) is 0 Å². The molecule has 2 amide bonds. The first-order valence-corrected chi connectivity index (χ1v) is 12.6. The van der Waals surface area contributed by atoms with Gasteiger partial charge < -0.3 is 19.6 Å². The molecule has 35 heavy (non-hydrogen) atoms. The van der Waals surface area contributed by atoms with Crippen LogP contribution in [0.15, 0.2) is 12.1 Å². The number of nitrogens with zero attached hydrogens (tertiary/aromatic N) is 2. The lowest BCUT2D eigenvalue weighted by Gasteiger charge is -2.41. The lowest BCUT2D eigenvalue weighted by atomic mass is 9.92. The molecule has 2 aliphatic rings. The number of aliphatic hydroxyl groups is 1. The molecule has 0 radical (unpaired) electrons. The highest BCUT2D eigenvalue weighted by atomic mass is 19.4. The highest BCUT2D eigenvalue weighted by molar-refractivity contribution is 6.05. The summed E-state index contributed by atoms with van der Waals surface area (Å²) in [7, 11) is 0. The Morgan fingerprint density at radius 2 is 1.89 bits per heavy atom. The number of carbonyl (C=O) groups excluding carboxylic acids is 2. The zero-order valence-corrected chi connectivity index (χ0v) is 21.1. The molecule has 196 valence electrons. The molecule has 9 heteroatoms. The number of hydrogen-bond donors (Lipinski definition) is 1. The van der Waals surface area contributed by atoms with Crippen LogP contribution < -0.4 is 9.64 Å². The fraction of sp³-hybridized carbons (Fsp3) is 0.692. The Kier molecular flexibility index (Phi) is 8.40. The van der Waals surface area contributed by atoms with E-state index < -0.39 is 41.3 Å². The smallest absolute Gasteiger partial charge is 0.417 e. The van der Waals surface area contributed by atoms with Gasteiger partial charge in [-0.3, -0.25) is 9.59 Å². The number of aliphatic hydroxyl groups excluding tert-OH is 1. The van der Waals surface area contributed by atoms with E-state index in [-0.39, 0.29) is 30.1 Å². The van der Waals surface area contributed by atoms with E-state index in [1.54, 1.807) is 4.90 Å². The minimum absolute atomic E-state index is 0.121. The summed E-state index contributed by atoms with van der Waals surface area (Å²) >= 11 is 0. The first-order chi connectivity index (χ1) is 16.4. The minimum atomic E-state index is -4.80. The van der Waals surface area contributed by atoms with Gasteiger partial charge in [-0.15, -0.1) is 0 Å². The molecule has 0 spiro atoms. The fourth-order valence-electron chi connectivity index (χ4n) is 5.12. The molecule has 1 atom stereocenters. The zero-order chi connectivity index (χ0) is 26.0. The van der Waals surface area contributed by atoms with Crippen LogP contribution in [0.1, 0.15) is 95.0 Å². The number of carbonyl (C=O) groups is 2. The molecular weight excluding hydrogens is 461 g/mol. The Labute approximate surface area is 205 Å². The van der Waals surface area contributed by atoms with Gasteiger partial charge in [0.05, 0.1) is 23.4 Å². The normalized spacial score (nSPS) is 21.2. The molecule has 1 unspecified atom stereocenters. The second-order valence-electron chi connectivity index (χ2n) is 10.1. The second-order valence-corrected chi connectivity index (χ2v) is 10.1. The van der Waals surface area contributed by atoms with Crippen LogP contribution in [0.5, 0.6) is 5.75 Å². The van der Waals surface area contributed by atoms with Gasteiger partial charge >= 0.3 is 6.18 Å². The summed E-state index contributed by atoms with van der Waals surface area (Å²) in [6.45, 7) is 6.57. The number of amides is 2. The van der Waals surface area contributed by atoms with Crippen molar-refractivity contribution in [2.75, 3.05) is 18.1 Å². The molecule has 1 aromatic carbocycles. The fourth-order valence-corrected chi connectivity index (χ4v) is 5.12. The highest BCUT2D eigenvalue weighted by Crippen LogP contribution is 2.44. The van der Waals surface area contributed by atoms with Crippen LogP contribution in [-0.2, 0) is 11.0 Å². The van der Waals surface area contributed by atoms with E-state index in [0.29, 0.717) is 6.42 Å². The summed E-state index contributed by atoms with van der Waals surface area (Å²) < 4.78 is 48.3. The molecular formula is C26H37F3N2O4. The number of ether oxygens (including phenoxy) is 1. The van der Waals surface area contributed by atoms with Crippen molar-refractivity contribution in [2.24, 2.45) is 0 Å².